The van der Waals surface area contributed by atoms with Crippen LogP contribution in [0.1, 0.15) is 20.3 Å². The molecular formula is C6H12NO5-. The third-order valence-electron chi connectivity index (χ3n) is 1.03. The van der Waals surface area contributed by atoms with Gasteiger partial charge in [-0.25, -0.2) is 0 Å². The molecule has 0 fully saturated rings. The van der Waals surface area contributed by atoms with E-state index in [1.807, 2.05) is 0 Å². The number of ether oxygens (including phenoxy) is 1. The Balaban J connectivity index is 3.54. The molecule has 0 spiro atoms. The van der Waals surface area contributed by atoms with Crippen molar-refractivity contribution in [3.63, 3.8) is 0 Å². The van der Waals surface area contributed by atoms with Crippen molar-refractivity contribution in [2.75, 3.05) is 6.61 Å². The Morgan fingerprint density at radius 3 is 2.75 bits per heavy atom. The molecule has 0 bridgehead atoms. The average molecular weight is 178 g/mol. The van der Waals surface area contributed by atoms with Gasteiger partial charge in [-0.1, -0.05) is 0 Å². The first-order valence-electron chi connectivity index (χ1n) is 3.54. The van der Waals surface area contributed by atoms with Gasteiger partial charge < -0.3 is 15.2 Å². The van der Waals surface area contributed by atoms with E-state index < -0.39 is 17.5 Å². The van der Waals surface area contributed by atoms with E-state index in [0.29, 0.717) is 0 Å². The summed E-state index contributed by atoms with van der Waals surface area (Å²) in [5.74, 6) is -0.466. The van der Waals surface area contributed by atoms with E-state index in [9.17, 15) is 10.0 Å². The summed E-state index contributed by atoms with van der Waals surface area (Å²) in [6.45, 7) is 3.43. The van der Waals surface area contributed by atoms with E-state index >= 15 is 0 Å². The zero-order valence-electron chi connectivity index (χ0n) is 7.02. The fourth-order valence-corrected chi connectivity index (χ4v) is 0.646. The second-order valence-electron chi connectivity index (χ2n) is 2.16. The summed E-state index contributed by atoms with van der Waals surface area (Å²) >= 11 is 0. The summed E-state index contributed by atoms with van der Waals surface area (Å²) in [6.07, 6.45) is -0.751. The van der Waals surface area contributed by atoms with Gasteiger partial charge in [0.15, 0.2) is 0 Å². The van der Waals surface area contributed by atoms with Crippen molar-refractivity contribution >= 4 is 5.97 Å². The van der Waals surface area contributed by atoms with E-state index in [-0.39, 0.29) is 13.0 Å². The maximum absolute atomic E-state index is 10.7. The van der Waals surface area contributed by atoms with Crippen LogP contribution in [-0.2, 0) is 14.4 Å². The molecule has 12 heavy (non-hydrogen) atoms. The molecule has 6 heteroatoms. The molecule has 0 aliphatic rings. The zero-order valence-corrected chi connectivity index (χ0v) is 7.02. The minimum Gasteiger partial charge on any atom is -0.738 e. The molecule has 72 valence electrons. The Kier molecular flexibility index (Phi) is 5.56. The van der Waals surface area contributed by atoms with Crippen molar-refractivity contribution < 1.29 is 19.6 Å². The van der Waals surface area contributed by atoms with Crippen LogP contribution < -0.4 is 0 Å². The van der Waals surface area contributed by atoms with Gasteiger partial charge >= 0.3 is 5.97 Å². The lowest BCUT2D eigenvalue weighted by molar-refractivity contribution is -0.325. The average Bonchev–Trinajstić information content (AvgIpc) is 1.84. The molecular weight excluding hydrogens is 166 g/mol. The SMILES string of the molecule is CCOC(=O)C[C@H](C)ON([O-])O. The highest BCUT2D eigenvalue weighted by Crippen LogP contribution is 2.00. The van der Waals surface area contributed by atoms with Gasteiger partial charge in [0, 0.05) is 0 Å². The fourth-order valence-electron chi connectivity index (χ4n) is 0.646. The number of hydrogen-bond acceptors (Lipinski definition) is 6. The van der Waals surface area contributed by atoms with Crippen LogP contribution in [0.25, 0.3) is 0 Å². The maximum atomic E-state index is 10.7. The lowest BCUT2D eigenvalue weighted by Crippen LogP contribution is -2.23. The van der Waals surface area contributed by atoms with Gasteiger partial charge in [-0.05, 0) is 13.8 Å². The molecule has 0 unspecified atom stereocenters. The third-order valence-corrected chi connectivity index (χ3v) is 1.03. The number of carbonyl (C=O) groups excluding carboxylic acids is 1. The van der Waals surface area contributed by atoms with E-state index in [1.54, 1.807) is 6.92 Å². The van der Waals surface area contributed by atoms with Gasteiger partial charge in [-0.2, -0.15) is 0 Å². The fraction of sp³-hybridized carbons (Fsp3) is 0.833. The normalized spacial score (nSPS) is 13.1. The molecule has 0 aromatic carbocycles. The van der Waals surface area contributed by atoms with Gasteiger partial charge in [0.25, 0.3) is 0 Å². The Labute approximate surface area is 70.2 Å². The van der Waals surface area contributed by atoms with Crippen LogP contribution in [0.4, 0.5) is 0 Å². The highest BCUT2D eigenvalue weighted by molar-refractivity contribution is 5.69. The van der Waals surface area contributed by atoms with Crippen LogP contribution in [0, 0.1) is 5.21 Å². The first kappa shape index (κ1) is 11.3. The van der Waals surface area contributed by atoms with E-state index in [4.69, 9.17) is 5.21 Å². The number of esters is 1. The van der Waals surface area contributed by atoms with Crippen LogP contribution in [0.3, 0.4) is 0 Å². The predicted molar refractivity (Wildman–Crippen MR) is 38.8 cm³/mol. The van der Waals surface area contributed by atoms with Crippen molar-refractivity contribution in [2.24, 2.45) is 0 Å². The van der Waals surface area contributed by atoms with Gasteiger partial charge in [0.05, 0.1) is 19.1 Å². The summed E-state index contributed by atoms with van der Waals surface area (Å²) in [6, 6.07) is 0. The molecule has 0 amide bonds. The second-order valence-corrected chi connectivity index (χ2v) is 2.16. The Bertz CT molecular complexity index is 138. The monoisotopic (exact) mass is 178 g/mol. The summed E-state index contributed by atoms with van der Waals surface area (Å²) in [5.41, 5.74) is 0. The van der Waals surface area contributed by atoms with Crippen LogP contribution in [0.15, 0.2) is 0 Å². The molecule has 0 aromatic heterocycles. The largest absolute Gasteiger partial charge is 0.738 e. The molecule has 0 radical (unpaired) electrons. The first-order valence-corrected chi connectivity index (χ1v) is 3.54. The Morgan fingerprint density at radius 1 is 1.75 bits per heavy atom. The minimum atomic E-state index is -0.688. The standard InChI is InChI=1S/C6H12NO5/c1-3-11-6(8)4-5(2)12-7(9)10/h5,9H,3-4H2,1-2H3/q-1/t5-/m0/s1. The van der Waals surface area contributed by atoms with Crippen LogP contribution in [0.2, 0.25) is 0 Å². The van der Waals surface area contributed by atoms with Crippen LogP contribution in [0.5, 0.6) is 0 Å². The predicted octanol–water partition coefficient (Wildman–Crippen LogP) is 0.449. The molecule has 1 N–H and O–H groups in total. The molecule has 1 atom stereocenters. The zero-order chi connectivity index (χ0) is 9.56. The molecule has 0 saturated carbocycles. The summed E-state index contributed by atoms with van der Waals surface area (Å²) in [4.78, 5) is 14.9. The van der Waals surface area contributed by atoms with Crippen molar-refractivity contribution in [2.45, 2.75) is 26.4 Å². The minimum absolute atomic E-state index is 0.0624. The van der Waals surface area contributed by atoms with Crippen LogP contribution in [-0.4, -0.2) is 29.3 Å². The molecule has 0 heterocycles. The maximum Gasteiger partial charge on any atom is 0.308 e. The smallest absolute Gasteiger partial charge is 0.308 e. The van der Waals surface area contributed by atoms with E-state index in [0.717, 1.165) is 0 Å². The topological polar surface area (TPSA) is 82.1 Å². The molecule has 0 aliphatic heterocycles. The first-order chi connectivity index (χ1) is 5.56. The Morgan fingerprint density at radius 2 is 2.33 bits per heavy atom. The number of rotatable bonds is 5. The molecule has 0 aliphatic carbocycles. The van der Waals surface area contributed by atoms with Crippen molar-refractivity contribution in [1.29, 1.82) is 0 Å². The Hall–Kier alpha value is -0.690. The summed E-state index contributed by atoms with van der Waals surface area (Å²) in [7, 11) is 0. The lowest BCUT2D eigenvalue weighted by Gasteiger charge is -2.22. The van der Waals surface area contributed by atoms with Crippen LogP contribution >= 0.6 is 0 Å². The highest BCUT2D eigenvalue weighted by atomic mass is 17.1. The number of hydrogen-bond donors (Lipinski definition) is 1. The van der Waals surface area contributed by atoms with Gasteiger partial charge in [0.1, 0.15) is 0 Å². The van der Waals surface area contributed by atoms with Gasteiger partial charge in [-0.15, -0.1) is 5.39 Å². The van der Waals surface area contributed by atoms with Crippen molar-refractivity contribution in [3.8, 4) is 0 Å². The molecule has 0 aromatic rings. The van der Waals surface area contributed by atoms with Gasteiger partial charge in [0.2, 0.25) is 0 Å². The van der Waals surface area contributed by atoms with Crippen molar-refractivity contribution in [3.05, 3.63) is 5.21 Å². The third kappa shape index (κ3) is 6.05. The van der Waals surface area contributed by atoms with E-state index in [2.05, 4.69) is 9.57 Å². The van der Waals surface area contributed by atoms with Crippen molar-refractivity contribution in [1.82, 2.24) is 5.39 Å². The van der Waals surface area contributed by atoms with Gasteiger partial charge in [-0.3, -0.25) is 9.63 Å². The molecule has 6 nitrogen and oxygen atoms in total. The molecule has 0 saturated heterocycles. The summed E-state index contributed by atoms with van der Waals surface area (Å²) < 4.78 is 4.57. The highest BCUT2D eigenvalue weighted by Gasteiger charge is 2.10. The quantitative estimate of drug-likeness (QED) is 0.486. The summed E-state index contributed by atoms with van der Waals surface area (Å²) in [5, 5.41) is 17.3. The lowest BCUT2D eigenvalue weighted by atomic mass is 10.3. The molecule has 0 rings (SSSR count). The van der Waals surface area contributed by atoms with E-state index in [1.165, 1.54) is 6.92 Å². The second kappa shape index (κ2) is 5.90. The number of carbonyl (C=O) groups is 1. The number of nitrogens with zero attached hydrogens (tertiary/aromatic N) is 1.